The number of fused-ring (bicyclic) bond motifs is 3. The third-order valence-electron chi connectivity index (χ3n) is 7.71. The summed E-state index contributed by atoms with van der Waals surface area (Å²) in [7, 11) is 0. The Morgan fingerprint density at radius 2 is 1.92 bits per heavy atom. The van der Waals surface area contributed by atoms with E-state index in [1.165, 1.54) is 6.33 Å². The highest BCUT2D eigenvalue weighted by Crippen LogP contribution is 2.50. The lowest BCUT2D eigenvalue weighted by Gasteiger charge is -2.39. The van der Waals surface area contributed by atoms with Gasteiger partial charge in [-0.2, -0.15) is 14.7 Å². The smallest absolute Gasteiger partial charge is 0.291 e. The van der Waals surface area contributed by atoms with E-state index in [1.54, 1.807) is 23.1 Å². The van der Waals surface area contributed by atoms with E-state index in [0.29, 0.717) is 23.2 Å². The summed E-state index contributed by atoms with van der Waals surface area (Å²) in [6.07, 6.45) is 12.5. The Kier molecular flexibility index (Phi) is 4.77. The zero-order chi connectivity index (χ0) is 24.2. The van der Waals surface area contributed by atoms with Gasteiger partial charge in [0.2, 0.25) is 5.82 Å². The maximum Gasteiger partial charge on any atom is 0.291 e. The summed E-state index contributed by atoms with van der Waals surface area (Å²) >= 11 is 0. The normalized spacial score (nSPS) is 23.0. The lowest BCUT2D eigenvalue weighted by Crippen LogP contribution is -2.46. The largest absolute Gasteiger partial charge is 0.383 e. The van der Waals surface area contributed by atoms with Gasteiger partial charge in [0.05, 0.1) is 17.5 Å². The molecule has 6 heterocycles. The maximum atomic E-state index is 13.1. The molecule has 1 aliphatic carbocycles. The Balaban J connectivity index is 1.26. The van der Waals surface area contributed by atoms with Crippen LogP contribution in [0.15, 0.2) is 37.1 Å². The van der Waals surface area contributed by atoms with Gasteiger partial charge in [-0.15, -0.1) is 0 Å². The first-order valence-corrected chi connectivity index (χ1v) is 12.4. The molecular formula is C26H25N9O. The molecule has 2 saturated heterocycles. The fourth-order valence-corrected chi connectivity index (χ4v) is 5.97. The minimum absolute atomic E-state index is 0.0625. The molecule has 10 nitrogen and oxygen atoms in total. The minimum Gasteiger partial charge on any atom is -0.383 e. The van der Waals surface area contributed by atoms with Gasteiger partial charge in [0.15, 0.2) is 5.65 Å². The van der Waals surface area contributed by atoms with Gasteiger partial charge in [-0.25, -0.2) is 9.97 Å². The van der Waals surface area contributed by atoms with Crippen LogP contribution in [0.25, 0.3) is 5.65 Å². The van der Waals surface area contributed by atoms with Crippen LogP contribution in [-0.4, -0.2) is 57.7 Å². The summed E-state index contributed by atoms with van der Waals surface area (Å²) in [6.45, 7) is 0. The first kappa shape index (κ1) is 21.1. The minimum atomic E-state index is -0.0625. The topological polar surface area (TPSA) is 131 Å². The third kappa shape index (κ3) is 3.42. The van der Waals surface area contributed by atoms with Gasteiger partial charge in [-0.05, 0) is 56.6 Å². The molecule has 3 fully saturated rings. The number of hydrogen-bond acceptors (Lipinski definition) is 7. The van der Waals surface area contributed by atoms with Crippen molar-refractivity contribution in [3.8, 4) is 11.8 Å². The Morgan fingerprint density at radius 1 is 1.08 bits per heavy atom. The molecule has 1 amide bonds. The van der Waals surface area contributed by atoms with E-state index in [4.69, 9.17) is 10.7 Å². The van der Waals surface area contributed by atoms with Crippen LogP contribution in [0.1, 0.15) is 83.4 Å². The maximum absolute atomic E-state index is 13.1. The molecule has 180 valence electrons. The summed E-state index contributed by atoms with van der Waals surface area (Å²) in [4.78, 5) is 28.5. The highest BCUT2D eigenvalue weighted by molar-refractivity contribution is 5.91. The number of nitrogens with one attached hydrogen (secondary N) is 1. The lowest BCUT2D eigenvalue weighted by molar-refractivity contribution is 0.0557. The van der Waals surface area contributed by atoms with Crippen molar-refractivity contribution in [2.75, 3.05) is 5.73 Å². The van der Waals surface area contributed by atoms with Crippen LogP contribution in [0.2, 0.25) is 0 Å². The second kappa shape index (κ2) is 8.16. The highest BCUT2D eigenvalue weighted by Gasteiger charge is 2.46. The zero-order valence-electron chi connectivity index (χ0n) is 19.6. The van der Waals surface area contributed by atoms with Gasteiger partial charge < -0.3 is 10.6 Å². The van der Waals surface area contributed by atoms with Crippen molar-refractivity contribution in [3.63, 3.8) is 0 Å². The monoisotopic (exact) mass is 479 g/mol. The Morgan fingerprint density at radius 3 is 2.61 bits per heavy atom. The number of aromatic amines is 1. The van der Waals surface area contributed by atoms with E-state index in [-0.39, 0.29) is 23.9 Å². The van der Waals surface area contributed by atoms with Crippen molar-refractivity contribution in [2.45, 2.75) is 62.4 Å². The molecule has 0 spiro atoms. The number of carbonyl (C=O) groups is 1. The molecule has 2 aliphatic heterocycles. The molecule has 1 saturated carbocycles. The van der Waals surface area contributed by atoms with Gasteiger partial charge in [-0.3, -0.25) is 14.9 Å². The van der Waals surface area contributed by atoms with E-state index in [2.05, 4.69) is 37.1 Å². The second-order valence-corrected chi connectivity index (χ2v) is 9.96. The average Bonchev–Trinajstić information content (AvgIpc) is 3.30. The number of aromatic nitrogens is 7. The fourth-order valence-electron chi connectivity index (χ4n) is 5.97. The predicted octanol–water partition coefficient (Wildman–Crippen LogP) is 2.65. The Labute approximate surface area is 207 Å². The summed E-state index contributed by atoms with van der Waals surface area (Å²) in [6, 6.07) is 4.11. The number of amides is 1. The molecule has 2 unspecified atom stereocenters. The number of nitrogens with zero attached hydrogens (tertiary/aromatic N) is 7. The van der Waals surface area contributed by atoms with Crippen molar-refractivity contribution in [2.24, 2.45) is 0 Å². The van der Waals surface area contributed by atoms with Crippen molar-refractivity contribution in [1.29, 1.82) is 0 Å². The molecule has 4 aromatic heterocycles. The number of anilines is 1. The number of hydrogen-bond donors (Lipinski definition) is 2. The van der Waals surface area contributed by atoms with Gasteiger partial charge >= 0.3 is 0 Å². The molecule has 7 rings (SSSR count). The van der Waals surface area contributed by atoms with E-state index in [0.717, 1.165) is 60.9 Å². The number of piperidine rings is 1. The summed E-state index contributed by atoms with van der Waals surface area (Å²) in [5.74, 6) is 7.95. The van der Waals surface area contributed by atoms with Crippen LogP contribution in [-0.2, 0) is 0 Å². The molecule has 3 aliphatic rings. The van der Waals surface area contributed by atoms with Crippen LogP contribution in [0.3, 0.4) is 0 Å². The van der Waals surface area contributed by atoms with E-state index < -0.39 is 0 Å². The molecule has 4 aromatic rings. The van der Waals surface area contributed by atoms with Crippen molar-refractivity contribution >= 4 is 17.4 Å². The molecular weight excluding hydrogens is 454 g/mol. The highest BCUT2D eigenvalue weighted by atomic mass is 16.2. The van der Waals surface area contributed by atoms with Crippen LogP contribution in [0.4, 0.5) is 5.82 Å². The predicted molar refractivity (Wildman–Crippen MR) is 131 cm³/mol. The number of H-pyrrole nitrogens is 1. The van der Waals surface area contributed by atoms with Crippen molar-refractivity contribution in [1.82, 2.24) is 39.7 Å². The Bertz CT molecular complexity index is 1500. The van der Waals surface area contributed by atoms with Crippen molar-refractivity contribution < 1.29 is 4.79 Å². The average molecular weight is 480 g/mol. The first-order chi connectivity index (χ1) is 17.7. The summed E-state index contributed by atoms with van der Waals surface area (Å²) in [5, 5.41) is 11.1. The number of nitrogens with two attached hydrogens (primary N) is 1. The van der Waals surface area contributed by atoms with Crippen LogP contribution in [0, 0.1) is 11.8 Å². The standard InChI is InChI=1S/C26H25N9O/c27-23-21(16-5-6-16)22(32-25-17(13-31-35(23)25)4-3-15-2-1-9-28-12-15)18-10-19-7-8-20(11-18)34(19)26(36)24-29-14-30-33-24/h1-2,9,12-14,16,18-20H,5-8,10-11,27H2,(H,29,30,33). The number of rotatable bonds is 3. The second-order valence-electron chi connectivity index (χ2n) is 9.96. The van der Waals surface area contributed by atoms with Crippen LogP contribution in [0.5, 0.6) is 0 Å². The molecule has 2 bridgehead atoms. The van der Waals surface area contributed by atoms with Crippen molar-refractivity contribution in [3.05, 3.63) is 65.3 Å². The van der Waals surface area contributed by atoms with E-state index in [9.17, 15) is 4.79 Å². The number of nitrogen functional groups attached to an aromatic ring is 1. The summed E-state index contributed by atoms with van der Waals surface area (Å²) in [5.41, 5.74) is 11.2. The number of pyridine rings is 1. The van der Waals surface area contributed by atoms with Gasteiger partial charge in [0.25, 0.3) is 5.91 Å². The number of carbonyl (C=O) groups excluding carboxylic acids is 1. The van der Waals surface area contributed by atoms with E-state index in [1.807, 2.05) is 17.0 Å². The van der Waals surface area contributed by atoms with Crippen LogP contribution >= 0.6 is 0 Å². The molecule has 36 heavy (non-hydrogen) atoms. The van der Waals surface area contributed by atoms with Gasteiger partial charge in [0.1, 0.15) is 12.1 Å². The van der Waals surface area contributed by atoms with Crippen LogP contribution < -0.4 is 5.73 Å². The summed E-state index contributed by atoms with van der Waals surface area (Å²) < 4.78 is 1.74. The molecule has 3 N–H and O–H groups in total. The quantitative estimate of drug-likeness (QED) is 0.432. The van der Waals surface area contributed by atoms with E-state index >= 15 is 0 Å². The first-order valence-electron chi connectivity index (χ1n) is 12.4. The molecule has 10 heteroatoms. The molecule has 0 radical (unpaired) electrons. The SMILES string of the molecule is Nc1c(C2CC2)c(C2CC3CCC(C2)N3C(=O)c2ncn[nH]2)nc2c(C#Cc3cccnc3)cnn12. The molecule has 2 atom stereocenters. The van der Waals surface area contributed by atoms with Gasteiger partial charge in [0, 0.05) is 41.5 Å². The molecule has 0 aromatic carbocycles. The fraction of sp³-hybridized carbons (Fsp3) is 0.385. The zero-order valence-corrected chi connectivity index (χ0v) is 19.6. The lowest BCUT2D eigenvalue weighted by atomic mass is 9.85. The Hall–Kier alpha value is -4.26. The third-order valence-corrected chi connectivity index (χ3v) is 7.71. The van der Waals surface area contributed by atoms with Gasteiger partial charge in [-0.1, -0.05) is 11.8 Å².